The molecule has 0 unspecified atom stereocenters. The van der Waals surface area contributed by atoms with Crippen molar-refractivity contribution in [2.45, 2.75) is 44.4 Å². The molecule has 1 aliphatic carbocycles. The second kappa shape index (κ2) is 3.68. The number of aryl methyl sites for hydroxylation is 1. The Kier molecular flexibility index (Phi) is 2.50. The first-order chi connectivity index (χ1) is 7.19. The average molecular weight is 208 g/mol. The molecule has 0 aromatic carbocycles. The first kappa shape index (κ1) is 10.2. The van der Waals surface area contributed by atoms with E-state index in [-0.39, 0.29) is 0 Å². The number of hydrogen-bond acceptors (Lipinski definition) is 2. The Morgan fingerprint density at radius 3 is 2.87 bits per heavy atom. The molecule has 82 valence electrons. The Balaban J connectivity index is 2.23. The molecule has 0 amide bonds. The van der Waals surface area contributed by atoms with Crippen LogP contribution in [-0.4, -0.2) is 21.0 Å². The van der Waals surface area contributed by atoms with Crippen LogP contribution in [0.1, 0.15) is 44.1 Å². The SMILES string of the molecule is CCCc1cnc(C2(C(=O)O)CCC2)[nH]1. The van der Waals surface area contributed by atoms with Gasteiger partial charge in [-0.3, -0.25) is 4.79 Å². The molecule has 1 heterocycles. The molecule has 0 spiro atoms. The molecule has 0 bridgehead atoms. The lowest BCUT2D eigenvalue weighted by atomic mass is 9.68. The zero-order chi connectivity index (χ0) is 10.9. The fraction of sp³-hybridized carbons (Fsp3) is 0.636. The fourth-order valence-electron chi connectivity index (χ4n) is 2.08. The van der Waals surface area contributed by atoms with Gasteiger partial charge in [-0.15, -0.1) is 0 Å². The predicted molar refractivity (Wildman–Crippen MR) is 55.7 cm³/mol. The van der Waals surface area contributed by atoms with Crippen LogP contribution in [0.5, 0.6) is 0 Å². The van der Waals surface area contributed by atoms with Crippen LogP contribution in [0.15, 0.2) is 6.20 Å². The van der Waals surface area contributed by atoms with Gasteiger partial charge in [0.05, 0.1) is 0 Å². The van der Waals surface area contributed by atoms with E-state index < -0.39 is 11.4 Å². The van der Waals surface area contributed by atoms with Crippen molar-refractivity contribution in [2.75, 3.05) is 0 Å². The summed E-state index contributed by atoms with van der Waals surface area (Å²) in [5.74, 6) is -0.101. The highest BCUT2D eigenvalue weighted by atomic mass is 16.4. The van der Waals surface area contributed by atoms with E-state index in [4.69, 9.17) is 0 Å². The third kappa shape index (κ3) is 1.54. The highest BCUT2D eigenvalue weighted by Gasteiger charge is 2.48. The lowest BCUT2D eigenvalue weighted by molar-refractivity contribution is -0.147. The molecule has 2 N–H and O–H groups in total. The first-order valence-electron chi connectivity index (χ1n) is 5.47. The van der Waals surface area contributed by atoms with E-state index in [9.17, 15) is 9.90 Å². The molecule has 0 saturated heterocycles. The van der Waals surface area contributed by atoms with Crippen molar-refractivity contribution < 1.29 is 9.90 Å². The van der Waals surface area contributed by atoms with Gasteiger partial charge in [0.2, 0.25) is 0 Å². The van der Waals surface area contributed by atoms with Gasteiger partial charge in [0, 0.05) is 11.9 Å². The second-order valence-corrected chi connectivity index (χ2v) is 4.25. The minimum Gasteiger partial charge on any atom is -0.480 e. The highest BCUT2D eigenvalue weighted by molar-refractivity contribution is 5.81. The molecule has 4 nitrogen and oxygen atoms in total. The van der Waals surface area contributed by atoms with Crippen LogP contribution in [0.3, 0.4) is 0 Å². The number of nitrogens with one attached hydrogen (secondary N) is 1. The largest absolute Gasteiger partial charge is 0.480 e. The zero-order valence-corrected chi connectivity index (χ0v) is 8.92. The number of rotatable bonds is 4. The summed E-state index contributed by atoms with van der Waals surface area (Å²) in [6.07, 6.45) is 6.14. The minimum atomic E-state index is -0.744. The van der Waals surface area contributed by atoms with E-state index in [1.165, 1.54) is 0 Å². The molecule has 0 atom stereocenters. The quantitative estimate of drug-likeness (QED) is 0.793. The van der Waals surface area contributed by atoms with Crippen molar-refractivity contribution in [3.63, 3.8) is 0 Å². The van der Waals surface area contributed by atoms with Gasteiger partial charge in [-0.2, -0.15) is 0 Å². The van der Waals surface area contributed by atoms with E-state index in [0.717, 1.165) is 25.0 Å². The molecule has 15 heavy (non-hydrogen) atoms. The summed E-state index contributed by atoms with van der Waals surface area (Å²) in [7, 11) is 0. The molecule has 0 radical (unpaired) electrons. The Hall–Kier alpha value is -1.32. The molecule has 2 rings (SSSR count). The Morgan fingerprint density at radius 1 is 1.67 bits per heavy atom. The topological polar surface area (TPSA) is 66.0 Å². The molecule has 1 fully saturated rings. The van der Waals surface area contributed by atoms with Crippen molar-refractivity contribution >= 4 is 5.97 Å². The van der Waals surface area contributed by atoms with Gasteiger partial charge in [0.25, 0.3) is 0 Å². The average Bonchev–Trinajstić information content (AvgIpc) is 2.51. The Bertz CT molecular complexity index is 366. The molecule has 1 aromatic rings. The summed E-state index contributed by atoms with van der Waals surface area (Å²) in [6.45, 7) is 2.09. The van der Waals surface area contributed by atoms with Gasteiger partial charge in [-0.25, -0.2) is 4.98 Å². The lowest BCUT2D eigenvalue weighted by Crippen LogP contribution is -2.43. The summed E-state index contributed by atoms with van der Waals surface area (Å²) < 4.78 is 0. The van der Waals surface area contributed by atoms with Crippen LogP contribution >= 0.6 is 0 Å². The minimum absolute atomic E-state index is 0.643. The van der Waals surface area contributed by atoms with Gasteiger partial charge in [0.1, 0.15) is 11.2 Å². The molecule has 1 aliphatic rings. The summed E-state index contributed by atoms with van der Waals surface area (Å²) in [4.78, 5) is 18.6. The van der Waals surface area contributed by atoms with E-state index >= 15 is 0 Å². The molecule has 1 aromatic heterocycles. The number of aliphatic carboxylic acids is 1. The number of carbonyl (C=O) groups is 1. The van der Waals surface area contributed by atoms with Crippen LogP contribution in [-0.2, 0) is 16.6 Å². The van der Waals surface area contributed by atoms with Crippen molar-refractivity contribution in [2.24, 2.45) is 0 Å². The number of imidazole rings is 1. The van der Waals surface area contributed by atoms with E-state index in [1.54, 1.807) is 6.20 Å². The van der Waals surface area contributed by atoms with Gasteiger partial charge in [0.15, 0.2) is 0 Å². The maximum absolute atomic E-state index is 11.2. The predicted octanol–water partition coefficient (Wildman–Crippen LogP) is 1.87. The highest BCUT2D eigenvalue weighted by Crippen LogP contribution is 2.42. The maximum Gasteiger partial charge on any atom is 0.317 e. The Morgan fingerprint density at radius 2 is 2.40 bits per heavy atom. The molecular weight excluding hydrogens is 192 g/mol. The fourth-order valence-corrected chi connectivity index (χ4v) is 2.08. The van der Waals surface area contributed by atoms with Gasteiger partial charge >= 0.3 is 5.97 Å². The second-order valence-electron chi connectivity index (χ2n) is 4.25. The van der Waals surface area contributed by atoms with Gasteiger partial charge < -0.3 is 10.1 Å². The van der Waals surface area contributed by atoms with Crippen LogP contribution in [0.4, 0.5) is 0 Å². The van der Waals surface area contributed by atoms with Crippen LogP contribution in [0.25, 0.3) is 0 Å². The first-order valence-corrected chi connectivity index (χ1v) is 5.47. The molecule has 0 aliphatic heterocycles. The van der Waals surface area contributed by atoms with Crippen molar-refractivity contribution in [3.8, 4) is 0 Å². The van der Waals surface area contributed by atoms with Gasteiger partial charge in [-0.1, -0.05) is 19.8 Å². The maximum atomic E-state index is 11.2. The summed E-state index contributed by atoms with van der Waals surface area (Å²) >= 11 is 0. The van der Waals surface area contributed by atoms with Crippen molar-refractivity contribution in [3.05, 3.63) is 17.7 Å². The number of carboxylic acids is 1. The van der Waals surface area contributed by atoms with E-state index in [2.05, 4.69) is 16.9 Å². The molecular formula is C11H16N2O2. The smallest absolute Gasteiger partial charge is 0.317 e. The normalized spacial score (nSPS) is 18.5. The number of nitrogens with zero attached hydrogens (tertiary/aromatic N) is 1. The summed E-state index contributed by atoms with van der Waals surface area (Å²) in [6, 6.07) is 0. The number of aromatic nitrogens is 2. The van der Waals surface area contributed by atoms with Crippen LogP contribution in [0.2, 0.25) is 0 Å². The van der Waals surface area contributed by atoms with Crippen LogP contribution < -0.4 is 0 Å². The Labute approximate surface area is 88.7 Å². The number of carboxylic acid groups (broad SMARTS) is 1. The molecule has 4 heteroatoms. The zero-order valence-electron chi connectivity index (χ0n) is 8.92. The lowest BCUT2D eigenvalue weighted by Gasteiger charge is -2.35. The third-order valence-corrected chi connectivity index (χ3v) is 3.22. The molecule has 1 saturated carbocycles. The number of hydrogen-bond donors (Lipinski definition) is 2. The van der Waals surface area contributed by atoms with E-state index in [1.807, 2.05) is 0 Å². The monoisotopic (exact) mass is 208 g/mol. The number of aromatic amines is 1. The van der Waals surface area contributed by atoms with Crippen molar-refractivity contribution in [1.82, 2.24) is 9.97 Å². The van der Waals surface area contributed by atoms with Gasteiger partial charge in [-0.05, 0) is 19.3 Å². The van der Waals surface area contributed by atoms with Crippen LogP contribution in [0, 0.1) is 0 Å². The summed E-state index contributed by atoms with van der Waals surface area (Å²) in [5.41, 5.74) is 0.325. The number of H-pyrrole nitrogens is 1. The van der Waals surface area contributed by atoms with Crippen molar-refractivity contribution in [1.29, 1.82) is 0 Å². The third-order valence-electron chi connectivity index (χ3n) is 3.22. The van der Waals surface area contributed by atoms with E-state index in [0.29, 0.717) is 18.7 Å². The summed E-state index contributed by atoms with van der Waals surface area (Å²) in [5, 5.41) is 9.22. The standard InChI is InChI=1S/C11H16N2O2/c1-2-4-8-7-12-9(13-8)11(10(14)15)5-3-6-11/h7H,2-6H2,1H3,(H,12,13)(H,14,15).